The quantitative estimate of drug-likeness (QED) is 0.463. The molecule has 0 aliphatic rings. The Kier molecular flexibility index (Phi) is 5.11. The lowest BCUT2D eigenvalue weighted by molar-refractivity contribution is 0.414. The van der Waals surface area contributed by atoms with Crippen LogP contribution in [0.2, 0.25) is 0 Å². The second kappa shape index (κ2) is 8.01. The van der Waals surface area contributed by atoms with Crippen molar-refractivity contribution in [3.8, 4) is 5.75 Å². The lowest BCUT2D eigenvalue weighted by atomic mass is 10.2. The highest BCUT2D eigenvalue weighted by Crippen LogP contribution is 2.24. The fraction of sp³-hybridized carbons (Fsp3) is 0.100. The Morgan fingerprint density at radius 2 is 1.78 bits per heavy atom. The standard InChI is InChI=1S/C20H19N5OS/c1-26-17-8-10-18(11-9-17)27-24-16-7-12-19-22-23-20(25(19)14-16)21-13-15-5-3-2-4-6-15/h2-12,14,24H,13H2,1H3,(H,21,23). The van der Waals surface area contributed by atoms with E-state index in [0.717, 1.165) is 22.0 Å². The van der Waals surface area contributed by atoms with Gasteiger partial charge >= 0.3 is 0 Å². The first-order valence-corrected chi connectivity index (χ1v) is 9.33. The predicted molar refractivity (Wildman–Crippen MR) is 109 cm³/mol. The molecule has 0 spiro atoms. The van der Waals surface area contributed by atoms with Crippen molar-refractivity contribution in [1.82, 2.24) is 14.6 Å². The third-order valence-corrected chi connectivity index (χ3v) is 4.89. The van der Waals surface area contributed by atoms with E-state index < -0.39 is 0 Å². The summed E-state index contributed by atoms with van der Waals surface area (Å²) in [5, 5.41) is 11.8. The molecular formula is C20H19N5OS. The highest BCUT2D eigenvalue weighted by atomic mass is 32.2. The van der Waals surface area contributed by atoms with Gasteiger partial charge in [-0.25, -0.2) is 0 Å². The van der Waals surface area contributed by atoms with Crippen LogP contribution in [-0.2, 0) is 6.54 Å². The molecule has 0 unspecified atom stereocenters. The molecule has 0 radical (unpaired) electrons. The third-order valence-electron chi connectivity index (χ3n) is 4.04. The molecule has 6 nitrogen and oxygen atoms in total. The van der Waals surface area contributed by atoms with Gasteiger partial charge in [-0.05, 0) is 53.9 Å². The molecule has 2 heterocycles. The summed E-state index contributed by atoms with van der Waals surface area (Å²) in [5.41, 5.74) is 2.95. The maximum absolute atomic E-state index is 5.19. The van der Waals surface area contributed by atoms with E-state index in [9.17, 15) is 0 Å². The SMILES string of the molecule is COc1ccc(SNc2ccc3nnc(NCc4ccccc4)n3c2)cc1. The molecule has 0 amide bonds. The largest absolute Gasteiger partial charge is 0.497 e. The summed E-state index contributed by atoms with van der Waals surface area (Å²) in [7, 11) is 1.66. The van der Waals surface area contributed by atoms with Crippen LogP contribution in [0.3, 0.4) is 0 Å². The van der Waals surface area contributed by atoms with Crippen LogP contribution in [0, 0.1) is 0 Å². The minimum absolute atomic E-state index is 0.694. The van der Waals surface area contributed by atoms with Gasteiger partial charge in [-0.2, -0.15) is 0 Å². The van der Waals surface area contributed by atoms with Crippen molar-refractivity contribution < 1.29 is 4.74 Å². The zero-order chi connectivity index (χ0) is 18.5. The second-order valence-corrected chi connectivity index (χ2v) is 6.77. The summed E-state index contributed by atoms with van der Waals surface area (Å²) in [6.07, 6.45) is 1.99. The summed E-state index contributed by atoms with van der Waals surface area (Å²) >= 11 is 1.54. The van der Waals surface area contributed by atoms with Gasteiger partial charge in [-0.15, -0.1) is 10.2 Å². The van der Waals surface area contributed by atoms with Crippen LogP contribution in [-0.4, -0.2) is 21.7 Å². The molecule has 2 aromatic heterocycles. The van der Waals surface area contributed by atoms with Gasteiger partial charge in [0.1, 0.15) is 5.75 Å². The first-order chi connectivity index (χ1) is 13.3. The van der Waals surface area contributed by atoms with E-state index in [2.05, 4.69) is 32.4 Å². The zero-order valence-electron chi connectivity index (χ0n) is 14.8. The van der Waals surface area contributed by atoms with Crippen molar-refractivity contribution in [2.45, 2.75) is 11.4 Å². The Bertz CT molecular complexity index is 1020. The number of hydrogen-bond acceptors (Lipinski definition) is 6. The van der Waals surface area contributed by atoms with Crippen molar-refractivity contribution >= 4 is 29.2 Å². The molecule has 27 heavy (non-hydrogen) atoms. The number of benzene rings is 2. The summed E-state index contributed by atoms with van der Waals surface area (Å²) < 4.78 is 10.5. The summed E-state index contributed by atoms with van der Waals surface area (Å²) in [5.74, 6) is 1.56. The van der Waals surface area contributed by atoms with E-state index >= 15 is 0 Å². The highest BCUT2D eigenvalue weighted by molar-refractivity contribution is 8.00. The van der Waals surface area contributed by atoms with Crippen LogP contribution in [0.5, 0.6) is 5.75 Å². The average Bonchev–Trinajstić information content (AvgIpc) is 3.14. The molecule has 2 N–H and O–H groups in total. The number of hydrogen-bond donors (Lipinski definition) is 2. The Balaban J connectivity index is 1.45. The number of anilines is 2. The maximum Gasteiger partial charge on any atom is 0.229 e. The highest BCUT2D eigenvalue weighted by Gasteiger charge is 2.06. The molecule has 0 bridgehead atoms. The van der Waals surface area contributed by atoms with Crippen molar-refractivity contribution in [2.24, 2.45) is 0 Å². The van der Waals surface area contributed by atoms with E-state index in [4.69, 9.17) is 4.74 Å². The van der Waals surface area contributed by atoms with Crippen LogP contribution >= 0.6 is 11.9 Å². The van der Waals surface area contributed by atoms with Crippen LogP contribution in [0.1, 0.15) is 5.56 Å². The van der Waals surface area contributed by atoms with Gasteiger partial charge in [0.05, 0.1) is 12.8 Å². The number of rotatable bonds is 7. The predicted octanol–water partition coefficient (Wildman–Crippen LogP) is 4.47. The minimum atomic E-state index is 0.694. The first-order valence-electron chi connectivity index (χ1n) is 8.51. The van der Waals surface area contributed by atoms with Gasteiger partial charge in [0.25, 0.3) is 0 Å². The van der Waals surface area contributed by atoms with Gasteiger partial charge < -0.3 is 14.8 Å². The molecule has 0 aliphatic carbocycles. The van der Waals surface area contributed by atoms with Gasteiger partial charge in [0, 0.05) is 17.6 Å². The van der Waals surface area contributed by atoms with E-state index in [-0.39, 0.29) is 0 Å². The smallest absolute Gasteiger partial charge is 0.229 e. The van der Waals surface area contributed by atoms with Crippen molar-refractivity contribution in [2.75, 3.05) is 17.1 Å². The summed E-state index contributed by atoms with van der Waals surface area (Å²) in [4.78, 5) is 1.10. The number of ether oxygens (including phenoxy) is 1. The van der Waals surface area contributed by atoms with E-state index in [1.807, 2.05) is 65.2 Å². The fourth-order valence-corrected chi connectivity index (χ4v) is 3.24. The fourth-order valence-electron chi connectivity index (χ4n) is 2.61. The molecule has 0 atom stereocenters. The van der Waals surface area contributed by atoms with Crippen LogP contribution < -0.4 is 14.8 Å². The van der Waals surface area contributed by atoms with E-state index in [1.54, 1.807) is 7.11 Å². The monoisotopic (exact) mass is 377 g/mol. The Labute approximate surface area is 161 Å². The Morgan fingerprint density at radius 3 is 2.56 bits per heavy atom. The minimum Gasteiger partial charge on any atom is -0.497 e. The topological polar surface area (TPSA) is 63.5 Å². The Morgan fingerprint density at radius 1 is 0.963 bits per heavy atom. The normalized spacial score (nSPS) is 10.7. The molecule has 0 fully saturated rings. The number of fused-ring (bicyclic) bond motifs is 1. The molecule has 0 saturated carbocycles. The number of pyridine rings is 1. The number of aromatic nitrogens is 3. The van der Waals surface area contributed by atoms with Crippen LogP contribution in [0.25, 0.3) is 5.65 Å². The van der Waals surface area contributed by atoms with Crippen LogP contribution in [0.4, 0.5) is 11.6 Å². The second-order valence-electron chi connectivity index (χ2n) is 5.89. The van der Waals surface area contributed by atoms with Gasteiger partial charge in [0.15, 0.2) is 5.65 Å². The molecule has 136 valence electrons. The molecular weight excluding hydrogens is 358 g/mol. The lowest BCUT2D eigenvalue weighted by Gasteiger charge is -2.08. The van der Waals surface area contributed by atoms with Crippen molar-refractivity contribution in [3.05, 3.63) is 78.5 Å². The average molecular weight is 377 g/mol. The first kappa shape index (κ1) is 17.2. The molecule has 7 heteroatoms. The van der Waals surface area contributed by atoms with Crippen molar-refractivity contribution in [1.29, 1.82) is 0 Å². The van der Waals surface area contributed by atoms with E-state index in [0.29, 0.717) is 12.5 Å². The molecule has 4 aromatic rings. The van der Waals surface area contributed by atoms with Crippen LogP contribution in [0.15, 0.2) is 77.8 Å². The summed E-state index contributed by atoms with van der Waals surface area (Å²) in [6.45, 7) is 0.694. The Hall–Kier alpha value is -3.19. The molecule has 0 saturated heterocycles. The summed E-state index contributed by atoms with van der Waals surface area (Å²) in [6, 6.07) is 22.1. The zero-order valence-corrected chi connectivity index (χ0v) is 15.6. The molecule has 0 aliphatic heterocycles. The van der Waals surface area contributed by atoms with Crippen molar-refractivity contribution in [3.63, 3.8) is 0 Å². The lowest BCUT2D eigenvalue weighted by Crippen LogP contribution is -2.03. The number of methoxy groups -OCH3 is 1. The number of nitrogens with zero attached hydrogens (tertiary/aromatic N) is 3. The van der Waals surface area contributed by atoms with Gasteiger partial charge in [-0.1, -0.05) is 30.3 Å². The maximum atomic E-state index is 5.19. The van der Waals surface area contributed by atoms with E-state index in [1.165, 1.54) is 17.5 Å². The number of nitrogens with one attached hydrogen (secondary N) is 2. The third kappa shape index (κ3) is 4.15. The molecule has 4 rings (SSSR count). The van der Waals surface area contributed by atoms with Gasteiger partial charge in [0.2, 0.25) is 5.95 Å². The molecule has 2 aromatic carbocycles. The van der Waals surface area contributed by atoms with Gasteiger partial charge in [-0.3, -0.25) is 4.40 Å².